The summed E-state index contributed by atoms with van der Waals surface area (Å²) < 4.78 is 30.6. The van der Waals surface area contributed by atoms with Gasteiger partial charge in [0.25, 0.3) is 0 Å². The molecule has 1 saturated heterocycles. The number of likely N-dealkylation sites (tertiary alicyclic amines) is 1. The van der Waals surface area contributed by atoms with Crippen LogP contribution in [0.15, 0.2) is 18.2 Å². The van der Waals surface area contributed by atoms with E-state index in [4.69, 9.17) is 5.26 Å². The molecule has 28 heavy (non-hydrogen) atoms. The van der Waals surface area contributed by atoms with Crippen LogP contribution in [-0.4, -0.2) is 33.9 Å². The van der Waals surface area contributed by atoms with Crippen molar-refractivity contribution in [3.05, 3.63) is 52.3 Å². The minimum absolute atomic E-state index is 0.0659. The highest BCUT2D eigenvalue weighted by Gasteiger charge is 2.33. The molecule has 4 nitrogen and oxygen atoms in total. The normalized spacial score (nSPS) is 19.8. The first kappa shape index (κ1) is 20.2. The lowest BCUT2D eigenvalue weighted by molar-refractivity contribution is 0.0884. The van der Waals surface area contributed by atoms with Crippen molar-refractivity contribution in [3.8, 4) is 11.8 Å². The smallest absolute Gasteiger partial charge is 0.181 e. The topological polar surface area (TPSA) is 49.0 Å². The molecule has 0 N–H and O–H groups in total. The number of halogens is 2. The van der Waals surface area contributed by atoms with Crippen LogP contribution >= 0.6 is 0 Å². The Kier molecular flexibility index (Phi) is 5.66. The summed E-state index contributed by atoms with van der Waals surface area (Å²) in [4.78, 5) is 15.2. The van der Waals surface area contributed by atoms with Crippen molar-refractivity contribution in [3.63, 3.8) is 0 Å². The second-order valence-corrected chi connectivity index (χ2v) is 7.56. The van der Waals surface area contributed by atoms with E-state index in [0.717, 1.165) is 19.3 Å². The van der Waals surface area contributed by atoms with Crippen LogP contribution in [0.5, 0.6) is 0 Å². The van der Waals surface area contributed by atoms with E-state index in [-0.39, 0.29) is 29.1 Å². The average Bonchev–Trinajstić information content (AvgIpc) is 3.12. The summed E-state index contributed by atoms with van der Waals surface area (Å²) in [6.45, 7) is 7.63. The molecule has 3 rings (SSSR count). The Morgan fingerprint density at radius 3 is 2.57 bits per heavy atom. The van der Waals surface area contributed by atoms with E-state index in [9.17, 15) is 9.18 Å². The zero-order valence-corrected chi connectivity index (χ0v) is 16.7. The molecule has 2 aromatic rings. The van der Waals surface area contributed by atoms with E-state index < -0.39 is 11.6 Å². The number of carbonyl (C=O) groups excluding carboxylic acids is 1. The summed E-state index contributed by atoms with van der Waals surface area (Å²) in [6.07, 6.45) is 3.05. The Hall–Kier alpha value is -2.52. The Bertz CT molecular complexity index is 958. The van der Waals surface area contributed by atoms with Gasteiger partial charge in [-0.15, -0.1) is 0 Å². The van der Waals surface area contributed by atoms with Gasteiger partial charge in [-0.2, -0.15) is 5.26 Å². The standard InChI is InChI=1S/C22H25F2N3O/c1-5-17-8-6-13(2)26(17)12-20(28)21-14(3)27(15(4)22(21)24)18-9-7-16(11-25)19(23)10-18/h7,9-10,13,17H,5-6,8,12H2,1-4H3. The third-order valence-electron chi connectivity index (χ3n) is 5.93. The molecular weight excluding hydrogens is 360 g/mol. The second-order valence-electron chi connectivity index (χ2n) is 7.56. The van der Waals surface area contributed by atoms with Gasteiger partial charge < -0.3 is 4.57 Å². The van der Waals surface area contributed by atoms with Gasteiger partial charge in [0.1, 0.15) is 11.9 Å². The molecule has 6 heteroatoms. The van der Waals surface area contributed by atoms with E-state index in [1.54, 1.807) is 26.0 Å². The molecule has 1 aromatic carbocycles. The second kappa shape index (κ2) is 7.84. The average molecular weight is 385 g/mol. The van der Waals surface area contributed by atoms with Gasteiger partial charge in [0.05, 0.1) is 23.4 Å². The highest BCUT2D eigenvalue weighted by molar-refractivity contribution is 5.99. The fourth-order valence-corrected chi connectivity index (χ4v) is 4.34. The van der Waals surface area contributed by atoms with E-state index in [1.165, 1.54) is 16.7 Å². The van der Waals surface area contributed by atoms with Crippen LogP contribution in [0.3, 0.4) is 0 Å². The molecule has 1 aliphatic rings. The Labute approximate surface area is 164 Å². The molecule has 148 valence electrons. The molecule has 1 aromatic heterocycles. The van der Waals surface area contributed by atoms with Crippen molar-refractivity contribution < 1.29 is 13.6 Å². The number of Topliss-reactive ketones (excluding diaryl/α,β-unsaturated/α-hetero) is 1. The Balaban J connectivity index is 1.98. The third kappa shape index (κ3) is 3.35. The zero-order valence-electron chi connectivity index (χ0n) is 16.7. The lowest BCUT2D eigenvalue weighted by Crippen LogP contribution is -2.38. The number of aromatic nitrogens is 1. The fraction of sp³-hybridized carbons (Fsp3) is 0.455. The monoisotopic (exact) mass is 385 g/mol. The van der Waals surface area contributed by atoms with Gasteiger partial charge in [0.15, 0.2) is 11.6 Å². The van der Waals surface area contributed by atoms with Crippen LogP contribution in [-0.2, 0) is 0 Å². The first-order valence-corrected chi connectivity index (χ1v) is 9.66. The van der Waals surface area contributed by atoms with E-state index >= 15 is 4.39 Å². The predicted octanol–water partition coefficient (Wildman–Crippen LogP) is 4.69. The largest absolute Gasteiger partial charge is 0.315 e. The SMILES string of the molecule is CCC1CCC(C)N1CC(=O)c1c(F)c(C)n(-c2ccc(C#N)c(F)c2)c1C. The summed E-state index contributed by atoms with van der Waals surface area (Å²) >= 11 is 0. The number of rotatable bonds is 5. The maximum Gasteiger partial charge on any atom is 0.181 e. The molecule has 0 radical (unpaired) electrons. The van der Waals surface area contributed by atoms with Gasteiger partial charge in [-0.05, 0) is 58.2 Å². The van der Waals surface area contributed by atoms with Crippen LogP contribution in [0, 0.1) is 36.8 Å². The molecule has 1 aliphatic heterocycles. The van der Waals surface area contributed by atoms with Crippen molar-refractivity contribution in [2.24, 2.45) is 0 Å². The van der Waals surface area contributed by atoms with Crippen molar-refractivity contribution in [2.45, 2.75) is 59.0 Å². The molecule has 2 atom stereocenters. The molecule has 0 saturated carbocycles. The third-order valence-corrected chi connectivity index (χ3v) is 5.93. The lowest BCUT2D eigenvalue weighted by Gasteiger charge is -2.26. The van der Waals surface area contributed by atoms with E-state index in [1.807, 2.05) is 0 Å². The van der Waals surface area contributed by atoms with Crippen molar-refractivity contribution >= 4 is 5.78 Å². The predicted molar refractivity (Wildman–Crippen MR) is 104 cm³/mol. The Morgan fingerprint density at radius 1 is 1.25 bits per heavy atom. The van der Waals surface area contributed by atoms with Crippen molar-refractivity contribution in [1.29, 1.82) is 5.26 Å². The maximum atomic E-state index is 15.0. The molecule has 0 amide bonds. The Morgan fingerprint density at radius 2 is 1.96 bits per heavy atom. The van der Waals surface area contributed by atoms with Crippen LogP contribution in [0.25, 0.3) is 5.69 Å². The van der Waals surface area contributed by atoms with Crippen LogP contribution < -0.4 is 0 Å². The molecule has 0 bridgehead atoms. The molecule has 2 unspecified atom stereocenters. The number of hydrogen-bond donors (Lipinski definition) is 0. The van der Waals surface area contributed by atoms with Gasteiger partial charge in [0, 0.05) is 23.5 Å². The van der Waals surface area contributed by atoms with Crippen LogP contribution in [0.1, 0.15) is 60.4 Å². The fourth-order valence-electron chi connectivity index (χ4n) is 4.34. The minimum Gasteiger partial charge on any atom is -0.315 e. The molecular formula is C22H25F2N3O. The highest BCUT2D eigenvalue weighted by Crippen LogP contribution is 2.29. The van der Waals surface area contributed by atoms with Gasteiger partial charge in [-0.3, -0.25) is 9.69 Å². The number of benzene rings is 1. The number of carbonyl (C=O) groups is 1. The lowest BCUT2D eigenvalue weighted by atomic mass is 10.1. The zero-order chi connectivity index (χ0) is 20.6. The molecule has 0 spiro atoms. The van der Waals surface area contributed by atoms with Crippen LogP contribution in [0.4, 0.5) is 8.78 Å². The first-order valence-electron chi connectivity index (χ1n) is 9.66. The van der Waals surface area contributed by atoms with Crippen LogP contribution in [0.2, 0.25) is 0 Å². The number of nitrogens with zero attached hydrogens (tertiary/aromatic N) is 3. The van der Waals surface area contributed by atoms with Gasteiger partial charge >= 0.3 is 0 Å². The molecule has 1 fully saturated rings. The first-order chi connectivity index (χ1) is 13.3. The number of hydrogen-bond acceptors (Lipinski definition) is 3. The van der Waals surface area contributed by atoms with Gasteiger partial charge in [-0.25, -0.2) is 8.78 Å². The minimum atomic E-state index is -0.669. The summed E-state index contributed by atoms with van der Waals surface area (Å²) in [5.41, 5.74) is 1.09. The van der Waals surface area contributed by atoms with E-state index in [0.29, 0.717) is 23.5 Å². The highest BCUT2D eigenvalue weighted by atomic mass is 19.1. The van der Waals surface area contributed by atoms with Gasteiger partial charge in [0.2, 0.25) is 0 Å². The summed E-state index contributed by atoms with van der Waals surface area (Å²) in [5, 5.41) is 8.90. The molecule has 2 heterocycles. The number of ketones is 1. The molecule has 0 aliphatic carbocycles. The summed E-state index contributed by atoms with van der Waals surface area (Å²) in [5.74, 6) is -1.48. The summed E-state index contributed by atoms with van der Waals surface area (Å²) in [6, 6.07) is 6.54. The van der Waals surface area contributed by atoms with Crippen molar-refractivity contribution in [2.75, 3.05) is 6.54 Å². The quantitative estimate of drug-likeness (QED) is 0.702. The summed E-state index contributed by atoms with van der Waals surface area (Å²) in [7, 11) is 0. The maximum absolute atomic E-state index is 15.0. The number of nitriles is 1. The van der Waals surface area contributed by atoms with Gasteiger partial charge in [-0.1, -0.05) is 6.92 Å². The van der Waals surface area contributed by atoms with E-state index in [2.05, 4.69) is 18.7 Å². The van der Waals surface area contributed by atoms with Crippen molar-refractivity contribution in [1.82, 2.24) is 9.47 Å².